The fourth-order valence-electron chi connectivity index (χ4n) is 3.04. The summed E-state index contributed by atoms with van der Waals surface area (Å²) in [5, 5.41) is 10.3. The van der Waals surface area contributed by atoms with Gasteiger partial charge in [0.05, 0.1) is 30.4 Å². The van der Waals surface area contributed by atoms with E-state index in [1.807, 2.05) is 0 Å². The lowest BCUT2D eigenvalue weighted by atomic mass is 9.96. The van der Waals surface area contributed by atoms with Crippen LogP contribution in [0, 0.1) is 12.7 Å². The highest BCUT2D eigenvalue weighted by Gasteiger charge is 2.37. The third-order valence-electron chi connectivity index (χ3n) is 4.56. The number of hydrogen-bond acceptors (Lipinski definition) is 8. The van der Waals surface area contributed by atoms with E-state index in [0.717, 1.165) is 23.6 Å². The standard InChI is InChI=1S/C22H20F4N4O4S/c1-11(9-32-3)10-34-21-30-29-20(35-21)28-19(31)14-8-27-12(2)7-13(14)17-16(33-4)6-5-15(18(17)23)22(24,25)26/h5-8H,1,9-10H2,2-4H3,(H,28,29,31). The summed E-state index contributed by atoms with van der Waals surface area (Å²) < 4.78 is 70.6. The minimum absolute atomic E-state index is 0.0466. The number of nitrogens with one attached hydrogen (secondary N) is 1. The topological polar surface area (TPSA) is 95.5 Å². The molecule has 0 spiro atoms. The van der Waals surface area contributed by atoms with Gasteiger partial charge in [0.2, 0.25) is 5.13 Å². The number of hydrogen-bond donors (Lipinski definition) is 1. The van der Waals surface area contributed by atoms with Crippen LogP contribution in [0.15, 0.2) is 36.5 Å². The number of halogens is 4. The van der Waals surface area contributed by atoms with Crippen molar-refractivity contribution < 1.29 is 36.6 Å². The van der Waals surface area contributed by atoms with Crippen LogP contribution in [0.1, 0.15) is 21.6 Å². The number of aryl methyl sites for hydroxylation is 1. The Kier molecular flexibility index (Phi) is 8.02. The lowest BCUT2D eigenvalue weighted by Crippen LogP contribution is -2.15. The quantitative estimate of drug-likeness (QED) is 0.322. The number of anilines is 1. The van der Waals surface area contributed by atoms with Crippen LogP contribution in [-0.4, -0.2) is 48.5 Å². The Labute approximate surface area is 201 Å². The van der Waals surface area contributed by atoms with Crippen molar-refractivity contribution in [2.45, 2.75) is 13.1 Å². The number of carbonyl (C=O) groups excluding carboxylic acids is 1. The van der Waals surface area contributed by atoms with E-state index in [1.165, 1.54) is 20.3 Å². The second-order valence-electron chi connectivity index (χ2n) is 7.17. The van der Waals surface area contributed by atoms with Crippen LogP contribution in [-0.2, 0) is 10.9 Å². The third kappa shape index (κ3) is 6.11. The summed E-state index contributed by atoms with van der Waals surface area (Å²) in [6, 6.07) is 2.87. The van der Waals surface area contributed by atoms with E-state index < -0.39 is 29.0 Å². The molecule has 3 aromatic rings. The molecule has 3 rings (SSSR count). The lowest BCUT2D eigenvalue weighted by molar-refractivity contribution is -0.139. The van der Waals surface area contributed by atoms with Crippen molar-refractivity contribution in [3.8, 4) is 22.1 Å². The lowest BCUT2D eigenvalue weighted by Gasteiger charge is -2.17. The van der Waals surface area contributed by atoms with Gasteiger partial charge in [-0.3, -0.25) is 15.1 Å². The normalized spacial score (nSPS) is 11.3. The van der Waals surface area contributed by atoms with Gasteiger partial charge in [-0.2, -0.15) is 13.2 Å². The zero-order valence-corrected chi connectivity index (χ0v) is 19.6. The molecule has 1 aromatic carbocycles. The zero-order valence-electron chi connectivity index (χ0n) is 18.8. The molecule has 186 valence electrons. The summed E-state index contributed by atoms with van der Waals surface area (Å²) in [6.07, 6.45) is -3.82. The summed E-state index contributed by atoms with van der Waals surface area (Å²) in [4.78, 5) is 17.0. The summed E-state index contributed by atoms with van der Waals surface area (Å²) in [5.74, 6) is -2.55. The largest absolute Gasteiger partial charge is 0.496 e. The average Bonchev–Trinajstić information content (AvgIpc) is 3.23. The fourth-order valence-corrected chi connectivity index (χ4v) is 3.63. The van der Waals surface area contributed by atoms with Crippen molar-refractivity contribution in [1.82, 2.24) is 15.2 Å². The molecule has 0 radical (unpaired) electrons. The second kappa shape index (κ2) is 10.8. The maximum atomic E-state index is 15.1. The van der Waals surface area contributed by atoms with Gasteiger partial charge in [0, 0.05) is 24.6 Å². The number of carbonyl (C=O) groups is 1. The number of pyridine rings is 1. The molecular weight excluding hydrogens is 492 g/mol. The molecule has 0 aliphatic rings. The molecule has 0 fully saturated rings. The second-order valence-corrected chi connectivity index (χ2v) is 8.11. The van der Waals surface area contributed by atoms with Gasteiger partial charge in [-0.25, -0.2) is 4.39 Å². The van der Waals surface area contributed by atoms with Gasteiger partial charge in [-0.15, -0.1) is 5.10 Å². The minimum Gasteiger partial charge on any atom is -0.496 e. The van der Waals surface area contributed by atoms with Crippen molar-refractivity contribution in [3.05, 3.63) is 59.2 Å². The number of amides is 1. The van der Waals surface area contributed by atoms with Crippen molar-refractivity contribution in [2.24, 2.45) is 0 Å². The Bertz CT molecular complexity index is 1250. The summed E-state index contributed by atoms with van der Waals surface area (Å²) in [7, 11) is 2.70. The Balaban J connectivity index is 1.95. The van der Waals surface area contributed by atoms with Gasteiger partial charge in [0.25, 0.3) is 11.1 Å². The minimum atomic E-state index is -4.95. The smallest absolute Gasteiger partial charge is 0.419 e. The first-order chi connectivity index (χ1) is 16.5. The Morgan fingerprint density at radius 3 is 2.60 bits per heavy atom. The molecule has 2 aromatic heterocycles. The van der Waals surface area contributed by atoms with Gasteiger partial charge in [0.1, 0.15) is 18.2 Å². The Morgan fingerprint density at radius 1 is 1.20 bits per heavy atom. The van der Waals surface area contributed by atoms with Gasteiger partial charge in [-0.1, -0.05) is 11.7 Å². The van der Waals surface area contributed by atoms with Crippen molar-refractivity contribution in [1.29, 1.82) is 0 Å². The highest BCUT2D eigenvalue weighted by atomic mass is 32.1. The van der Waals surface area contributed by atoms with Crippen LogP contribution in [0.5, 0.6) is 10.9 Å². The van der Waals surface area contributed by atoms with Crippen LogP contribution in [0.25, 0.3) is 11.1 Å². The van der Waals surface area contributed by atoms with Crippen LogP contribution >= 0.6 is 11.3 Å². The Hall–Kier alpha value is -3.58. The van der Waals surface area contributed by atoms with Crippen LogP contribution in [0.4, 0.5) is 22.7 Å². The van der Waals surface area contributed by atoms with E-state index in [-0.39, 0.29) is 33.8 Å². The number of rotatable bonds is 9. The van der Waals surface area contributed by atoms with Gasteiger partial charge in [-0.05, 0) is 42.0 Å². The van der Waals surface area contributed by atoms with E-state index >= 15 is 4.39 Å². The molecule has 2 heterocycles. The SMILES string of the molecule is C=C(COC)COc1nnc(NC(=O)c2cnc(C)cc2-c2c(OC)ccc(C(F)(F)F)c2F)s1. The molecule has 8 nitrogen and oxygen atoms in total. The molecule has 0 aliphatic carbocycles. The summed E-state index contributed by atoms with van der Waals surface area (Å²) in [6.45, 7) is 5.73. The molecule has 13 heteroatoms. The first-order valence-corrected chi connectivity index (χ1v) is 10.7. The number of benzene rings is 1. The fraction of sp³-hybridized carbons (Fsp3) is 0.273. The monoisotopic (exact) mass is 512 g/mol. The number of nitrogens with zero attached hydrogens (tertiary/aromatic N) is 3. The van der Waals surface area contributed by atoms with Gasteiger partial charge < -0.3 is 14.2 Å². The van der Waals surface area contributed by atoms with Crippen molar-refractivity contribution in [2.75, 3.05) is 32.8 Å². The number of alkyl halides is 3. The Morgan fingerprint density at radius 2 is 1.94 bits per heavy atom. The van der Waals surface area contributed by atoms with Crippen molar-refractivity contribution in [3.63, 3.8) is 0 Å². The molecule has 0 saturated heterocycles. The third-order valence-corrected chi connectivity index (χ3v) is 5.31. The molecule has 0 aliphatic heterocycles. The highest BCUT2D eigenvalue weighted by Crippen LogP contribution is 2.41. The maximum absolute atomic E-state index is 15.1. The van der Waals surface area contributed by atoms with E-state index in [0.29, 0.717) is 23.9 Å². The first kappa shape index (κ1) is 26.0. The predicted molar refractivity (Wildman–Crippen MR) is 120 cm³/mol. The molecule has 1 N–H and O–H groups in total. The predicted octanol–water partition coefficient (Wildman–Crippen LogP) is 4.91. The van der Waals surface area contributed by atoms with Gasteiger partial charge >= 0.3 is 6.18 Å². The number of methoxy groups -OCH3 is 2. The summed E-state index contributed by atoms with van der Waals surface area (Å²) in [5.41, 5.74) is -1.34. The van der Waals surface area contributed by atoms with E-state index in [4.69, 9.17) is 14.2 Å². The van der Waals surface area contributed by atoms with E-state index in [1.54, 1.807) is 6.92 Å². The van der Waals surface area contributed by atoms with Crippen LogP contribution in [0.3, 0.4) is 0 Å². The van der Waals surface area contributed by atoms with Crippen molar-refractivity contribution >= 4 is 22.4 Å². The molecule has 1 amide bonds. The van der Waals surface area contributed by atoms with Crippen LogP contribution < -0.4 is 14.8 Å². The highest BCUT2D eigenvalue weighted by molar-refractivity contribution is 7.17. The molecule has 0 saturated carbocycles. The molecule has 0 unspecified atom stereocenters. The molecule has 0 atom stereocenters. The number of ether oxygens (including phenoxy) is 3. The molecular formula is C22H20F4N4O4S. The van der Waals surface area contributed by atoms with E-state index in [2.05, 4.69) is 27.1 Å². The van der Waals surface area contributed by atoms with E-state index in [9.17, 15) is 18.0 Å². The van der Waals surface area contributed by atoms with Gasteiger partial charge in [0.15, 0.2) is 0 Å². The molecule has 35 heavy (non-hydrogen) atoms. The first-order valence-electron chi connectivity index (χ1n) is 9.89. The number of aromatic nitrogens is 3. The zero-order chi connectivity index (χ0) is 25.8. The molecule has 0 bridgehead atoms. The summed E-state index contributed by atoms with van der Waals surface area (Å²) >= 11 is 0.911. The van der Waals surface area contributed by atoms with Crippen LogP contribution in [0.2, 0.25) is 0 Å². The average molecular weight is 512 g/mol. The maximum Gasteiger partial charge on any atom is 0.419 e.